The molecule has 1 aromatic rings. The molecule has 122 valence electrons. The van der Waals surface area contributed by atoms with Crippen LogP contribution in [0.1, 0.15) is 46.2 Å². The number of halogens is 1. The Bertz CT molecular complexity index is 540. The Hall–Kier alpha value is -2.11. The Morgan fingerprint density at radius 1 is 1.14 bits per heavy atom. The Labute approximate surface area is 130 Å². The van der Waals surface area contributed by atoms with Crippen molar-refractivity contribution in [3.05, 3.63) is 35.6 Å². The third-order valence-electron chi connectivity index (χ3n) is 2.86. The molecule has 5 nitrogen and oxygen atoms in total. The summed E-state index contributed by atoms with van der Waals surface area (Å²) in [7, 11) is 0. The summed E-state index contributed by atoms with van der Waals surface area (Å²) < 4.78 is 18.7. The number of ether oxygens (including phenoxy) is 1. The van der Waals surface area contributed by atoms with Crippen LogP contribution in [-0.2, 0) is 9.53 Å². The first-order chi connectivity index (χ1) is 10.1. The van der Waals surface area contributed by atoms with Gasteiger partial charge in [-0.25, -0.2) is 9.18 Å². The lowest BCUT2D eigenvalue weighted by molar-refractivity contribution is -0.123. The molecule has 0 aliphatic rings. The number of hydrogen-bond acceptors (Lipinski definition) is 3. The largest absolute Gasteiger partial charge is 0.444 e. The standard InChI is InChI=1S/C16H23FN2O3/c1-10(12-8-6-7-9-13(12)17)18-14(20)11(2)19-15(21)22-16(3,4)5/h6-11H,1-5H3,(H,18,20)(H,19,21)/t10?,11-/m1/s1. The van der Waals surface area contributed by atoms with E-state index in [1.807, 2.05) is 0 Å². The monoisotopic (exact) mass is 310 g/mol. The van der Waals surface area contributed by atoms with Gasteiger partial charge in [0.1, 0.15) is 17.5 Å². The Morgan fingerprint density at radius 2 is 1.73 bits per heavy atom. The van der Waals surface area contributed by atoms with Crippen LogP contribution < -0.4 is 10.6 Å². The molecule has 0 aliphatic heterocycles. The minimum Gasteiger partial charge on any atom is -0.444 e. The molecule has 0 saturated carbocycles. The zero-order chi connectivity index (χ0) is 16.9. The number of nitrogens with one attached hydrogen (secondary N) is 2. The topological polar surface area (TPSA) is 67.4 Å². The van der Waals surface area contributed by atoms with Gasteiger partial charge in [-0.1, -0.05) is 18.2 Å². The number of alkyl carbamates (subject to hydrolysis) is 1. The van der Waals surface area contributed by atoms with E-state index >= 15 is 0 Å². The molecule has 1 aromatic carbocycles. The van der Waals surface area contributed by atoms with E-state index in [2.05, 4.69) is 10.6 Å². The molecule has 0 aromatic heterocycles. The van der Waals surface area contributed by atoms with Crippen molar-refractivity contribution in [2.24, 2.45) is 0 Å². The lowest BCUT2D eigenvalue weighted by Crippen LogP contribution is -2.47. The molecule has 0 bridgehead atoms. The van der Waals surface area contributed by atoms with Crippen molar-refractivity contribution >= 4 is 12.0 Å². The molecule has 0 spiro atoms. The second-order valence-electron chi connectivity index (χ2n) is 6.12. The second-order valence-corrected chi connectivity index (χ2v) is 6.12. The van der Waals surface area contributed by atoms with Gasteiger partial charge in [0.2, 0.25) is 5.91 Å². The van der Waals surface area contributed by atoms with Gasteiger partial charge in [0.25, 0.3) is 0 Å². The summed E-state index contributed by atoms with van der Waals surface area (Å²) in [5.41, 5.74) is -0.249. The first kappa shape index (κ1) is 17.9. The van der Waals surface area contributed by atoms with Crippen LogP contribution in [0, 0.1) is 5.82 Å². The summed E-state index contributed by atoms with van der Waals surface area (Å²) in [5, 5.41) is 5.10. The van der Waals surface area contributed by atoms with Crippen LogP contribution in [0.15, 0.2) is 24.3 Å². The van der Waals surface area contributed by atoms with Gasteiger partial charge in [-0.2, -0.15) is 0 Å². The Morgan fingerprint density at radius 3 is 2.27 bits per heavy atom. The highest BCUT2D eigenvalue weighted by Crippen LogP contribution is 2.16. The molecule has 6 heteroatoms. The van der Waals surface area contributed by atoms with E-state index in [4.69, 9.17) is 4.74 Å². The highest BCUT2D eigenvalue weighted by molar-refractivity contribution is 5.85. The maximum absolute atomic E-state index is 13.6. The molecule has 22 heavy (non-hydrogen) atoms. The zero-order valence-corrected chi connectivity index (χ0v) is 13.6. The fraction of sp³-hybridized carbons (Fsp3) is 0.500. The summed E-state index contributed by atoms with van der Waals surface area (Å²) in [4.78, 5) is 23.6. The normalized spacial score (nSPS) is 13.9. The Balaban J connectivity index is 2.57. The van der Waals surface area contributed by atoms with E-state index in [0.29, 0.717) is 5.56 Å². The first-order valence-corrected chi connectivity index (χ1v) is 7.14. The van der Waals surface area contributed by atoms with Gasteiger partial charge < -0.3 is 15.4 Å². The molecule has 1 unspecified atom stereocenters. The third-order valence-corrected chi connectivity index (χ3v) is 2.86. The van der Waals surface area contributed by atoms with E-state index in [-0.39, 0.29) is 5.82 Å². The number of benzene rings is 1. The lowest BCUT2D eigenvalue weighted by Gasteiger charge is -2.23. The van der Waals surface area contributed by atoms with Crippen molar-refractivity contribution in [2.45, 2.75) is 52.3 Å². The van der Waals surface area contributed by atoms with Crippen molar-refractivity contribution in [3.63, 3.8) is 0 Å². The quantitative estimate of drug-likeness (QED) is 0.898. The van der Waals surface area contributed by atoms with E-state index in [1.54, 1.807) is 45.9 Å². The van der Waals surface area contributed by atoms with Gasteiger partial charge in [-0.05, 0) is 40.7 Å². The van der Waals surface area contributed by atoms with E-state index in [9.17, 15) is 14.0 Å². The molecule has 0 aliphatic carbocycles. The van der Waals surface area contributed by atoms with E-state index in [0.717, 1.165) is 0 Å². The third kappa shape index (κ3) is 5.71. The molecule has 2 N–H and O–H groups in total. The van der Waals surface area contributed by atoms with Crippen LogP contribution >= 0.6 is 0 Å². The molecule has 2 amide bonds. The van der Waals surface area contributed by atoms with Crippen molar-refractivity contribution in [3.8, 4) is 0 Å². The minimum atomic E-state index is -0.788. The molecule has 1 rings (SSSR count). The number of hydrogen-bond donors (Lipinski definition) is 2. The van der Waals surface area contributed by atoms with Gasteiger partial charge in [0, 0.05) is 5.56 Å². The average molecular weight is 310 g/mol. The number of amides is 2. The van der Waals surface area contributed by atoms with Crippen LogP contribution in [-0.4, -0.2) is 23.6 Å². The molecule has 0 radical (unpaired) electrons. The van der Waals surface area contributed by atoms with Crippen LogP contribution in [0.3, 0.4) is 0 Å². The molecular formula is C16H23FN2O3. The van der Waals surface area contributed by atoms with Gasteiger partial charge >= 0.3 is 6.09 Å². The van der Waals surface area contributed by atoms with Crippen molar-refractivity contribution < 1.29 is 18.7 Å². The fourth-order valence-corrected chi connectivity index (χ4v) is 1.79. The maximum Gasteiger partial charge on any atom is 0.408 e. The SMILES string of the molecule is CC(NC(=O)[C@@H](C)NC(=O)OC(C)(C)C)c1ccccc1F. The molecule has 0 fully saturated rings. The van der Waals surface area contributed by atoms with Crippen molar-refractivity contribution in [1.29, 1.82) is 0 Å². The zero-order valence-electron chi connectivity index (χ0n) is 13.6. The van der Waals surface area contributed by atoms with E-state index in [1.165, 1.54) is 13.0 Å². The van der Waals surface area contributed by atoms with Gasteiger partial charge in [0.15, 0.2) is 0 Å². The van der Waals surface area contributed by atoms with Gasteiger partial charge in [0.05, 0.1) is 6.04 Å². The summed E-state index contributed by atoms with van der Waals surface area (Å²) in [5.74, 6) is -0.801. The van der Waals surface area contributed by atoms with E-state index < -0.39 is 29.7 Å². The summed E-state index contributed by atoms with van der Waals surface area (Å²) in [6, 6.07) is 4.93. The summed E-state index contributed by atoms with van der Waals surface area (Å²) in [6.45, 7) is 8.41. The molecule has 2 atom stereocenters. The summed E-state index contributed by atoms with van der Waals surface area (Å²) >= 11 is 0. The first-order valence-electron chi connectivity index (χ1n) is 7.14. The lowest BCUT2D eigenvalue weighted by atomic mass is 10.1. The van der Waals surface area contributed by atoms with Crippen LogP contribution in [0.4, 0.5) is 9.18 Å². The van der Waals surface area contributed by atoms with Crippen molar-refractivity contribution in [2.75, 3.05) is 0 Å². The smallest absolute Gasteiger partial charge is 0.408 e. The van der Waals surface area contributed by atoms with Crippen molar-refractivity contribution in [1.82, 2.24) is 10.6 Å². The maximum atomic E-state index is 13.6. The highest BCUT2D eigenvalue weighted by atomic mass is 19.1. The highest BCUT2D eigenvalue weighted by Gasteiger charge is 2.22. The Kier molecular flexibility index (Phi) is 5.91. The number of carbonyl (C=O) groups excluding carboxylic acids is 2. The fourth-order valence-electron chi connectivity index (χ4n) is 1.79. The van der Waals surface area contributed by atoms with Crippen LogP contribution in [0.2, 0.25) is 0 Å². The predicted octanol–water partition coefficient (Wildman–Crippen LogP) is 2.92. The summed E-state index contributed by atoms with van der Waals surface area (Å²) in [6.07, 6.45) is -0.673. The molecule has 0 saturated heterocycles. The van der Waals surface area contributed by atoms with Gasteiger partial charge in [-0.3, -0.25) is 4.79 Å². The second kappa shape index (κ2) is 7.24. The van der Waals surface area contributed by atoms with Crippen LogP contribution in [0.5, 0.6) is 0 Å². The number of rotatable bonds is 4. The number of carbonyl (C=O) groups is 2. The minimum absolute atomic E-state index is 0.386. The average Bonchev–Trinajstić information content (AvgIpc) is 2.36. The van der Waals surface area contributed by atoms with Crippen LogP contribution in [0.25, 0.3) is 0 Å². The molecule has 0 heterocycles. The predicted molar refractivity (Wildman–Crippen MR) is 81.8 cm³/mol. The molecular weight excluding hydrogens is 287 g/mol. The van der Waals surface area contributed by atoms with Gasteiger partial charge in [-0.15, -0.1) is 0 Å².